The number of hydrogen-bond donors (Lipinski definition) is 1. The molecule has 1 N–H and O–H groups in total. The van der Waals surface area contributed by atoms with Crippen LogP contribution in [0.15, 0.2) is 46.9 Å². The van der Waals surface area contributed by atoms with Crippen LogP contribution in [0.4, 0.5) is 5.69 Å². The highest BCUT2D eigenvalue weighted by Gasteiger charge is 2.06. The fourth-order valence-corrected chi connectivity index (χ4v) is 2.36. The molecule has 0 amide bonds. The topological polar surface area (TPSA) is 30.5 Å². The summed E-state index contributed by atoms with van der Waals surface area (Å²) < 4.78 is 12.1. The summed E-state index contributed by atoms with van der Waals surface area (Å²) >= 11 is 3.57. The molecule has 3 nitrogen and oxygen atoms in total. The first kappa shape index (κ1) is 15.7. The minimum Gasteiger partial charge on any atom is -0.497 e. The maximum Gasteiger partial charge on any atom is 0.142 e. The molecule has 0 heterocycles. The molecule has 0 unspecified atom stereocenters. The quantitative estimate of drug-likeness (QED) is 0.807. The summed E-state index contributed by atoms with van der Waals surface area (Å²) in [4.78, 5) is 0. The first-order chi connectivity index (χ1) is 10.1. The van der Waals surface area contributed by atoms with E-state index in [4.69, 9.17) is 9.47 Å². The lowest BCUT2D eigenvalue weighted by atomic mass is 10.2. The lowest BCUT2D eigenvalue weighted by Crippen LogP contribution is -2.08. The Morgan fingerprint density at radius 1 is 1.14 bits per heavy atom. The van der Waals surface area contributed by atoms with Crippen molar-refractivity contribution in [3.05, 3.63) is 52.5 Å². The van der Waals surface area contributed by atoms with Gasteiger partial charge < -0.3 is 14.8 Å². The molecule has 0 aliphatic carbocycles. The number of ether oxygens (including phenoxy) is 2. The lowest BCUT2D eigenvalue weighted by Gasteiger charge is -2.16. The van der Waals surface area contributed by atoms with Crippen molar-refractivity contribution in [3.8, 4) is 11.5 Å². The third kappa shape index (κ3) is 4.39. The average molecular weight is 350 g/mol. The fourth-order valence-electron chi connectivity index (χ4n) is 1.97. The summed E-state index contributed by atoms with van der Waals surface area (Å²) in [5, 5.41) is 3.42. The molecule has 0 spiro atoms. The Labute approximate surface area is 134 Å². The number of anilines is 1. The molecular weight excluding hydrogens is 330 g/mol. The molecule has 112 valence electrons. The molecule has 0 saturated carbocycles. The molecule has 0 aliphatic heterocycles. The fraction of sp³-hybridized carbons (Fsp3) is 0.294. The van der Waals surface area contributed by atoms with Crippen LogP contribution in [0.3, 0.4) is 0 Å². The van der Waals surface area contributed by atoms with Crippen molar-refractivity contribution in [3.63, 3.8) is 0 Å². The van der Waals surface area contributed by atoms with Gasteiger partial charge in [-0.25, -0.2) is 0 Å². The van der Waals surface area contributed by atoms with E-state index < -0.39 is 0 Å². The predicted molar refractivity (Wildman–Crippen MR) is 90.2 cm³/mol. The predicted octanol–water partition coefficient (Wildman–Crippen LogP) is 4.86. The largest absolute Gasteiger partial charge is 0.497 e. The van der Waals surface area contributed by atoms with E-state index in [1.54, 1.807) is 7.11 Å². The van der Waals surface area contributed by atoms with Gasteiger partial charge in [-0.2, -0.15) is 0 Å². The van der Waals surface area contributed by atoms with Crippen LogP contribution in [-0.2, 0) is 6.54 Å². The van der Waals surface area contributed by atoms with Crippen LogP contribution in [-0.4, -0.2) is 13.2 Å². The van der Waals surface area contributed by atoms with Gasteiger partial charge in [0.05, 0.1) is 18.9 Å². The average Bonchev–Trinajstić information content (AvgIpc) is 2.47. The molecule has 0 aliphatic rings. The van der Waals surface area contributed by atoms with Crippen LogP contribution in [0.1, 0.15) is 19.4 Å². The van der Waals surface area contributed by atoms with Crippen LogP contribution in [0, 0.1) is 0 Å². The van der Waals surface area contributed by atoms with Gasteiger partial charge in [0.2, 0.25) is 0 Å². The van der Waals surface area contributed by atoms with Crippen molar-refractivity contribution in [2.24, 2.45) is 0 Å². The highest BCUT2D eigenvalue weighted by Crippen LogP contribution is 2.27. The third-order valence-corrected chi connectivity index (χ3v) is 3.75. The lowest BCUT2D eigenvalue weighted by molar-refractivity contribution is 0.243. The van der Waals surface area contributed by atoms with Crippen molar-refractivity contribution in [2.75, 3.05) is 12.4 Å². The number of methoxy groups -OCH3 is 1. The van der Waals surface area contributed by atoms with E-state index in [1.165, 1.54) is 0 Å². The van der Waals surface area contributed by atoms with Gasteiger partial charge >= 0.3 is 0 Å². The van der Waals surface area contributed by atoms with Crippen LogP contribution in [0.25, 0.3) is 0 Å². The summed E-state index contributed by atoms with van der Waals surface area (Å²) in [5.74, 6) is 1.72. The zero-order valence-corrected chi connectivity index (χ0v) is 14.1. The van der Waals surface area contributed by atoms with Crippen molar-refractivity contribution in [1.29, 1.82) is 0 Å². The minimum atomic E-state index is 0.150. The smallest absolute Gasteiger partial charge is 0.142 e. The molecule has 4 heteroatoms. The molecule has 0 radical (unpaired) electrons. The minimum absolute atomic E-state index is 0.150. The van der Waals surface area contributed by atoms with Crippen molar-refractivity contribution < 1.29 is 9.47 Å². The standard InChI is InChI=1S/C17H20BrNO2/c1-12(2)21-17-7-5-4-6-16(17)19-11-13-10-14(20-3)8-9-15(13)18/h4-10,12,19H,11H2,1-3H3. The summed E-state index contributed by atoms with van der Waals surface area (Å²) in [6.45, 7) is 4.74. The van der Waals surface area contributed by atoms with Gasteiger partial charge in [-0.1, -0.05) is 28.1 Å². The normalized spacial score (nSPS) is 10.5. The Balaban J connectivity index is 2.13. The number of rotatable bonds is 6. The molecule has 0 saturated heterocycles. The number of benzene rings is 2. The monoisotopic (exact) mass is 349 g/mol. The molecule has 2 aromatic rings. The third-order valence-electron chi connectivity index (χ3n) is 2.97. The molecule has 0 atom stereocenters. The van der Waals surface area contributed by atoms with E-state index in [0.717, 1.165) is 27.2 Å². The van der Waals surface area contributed by atoms with Gasteiger partial charge in [0, 0.05) is 11.0 Å². The van der Waals surface area contributed by atoms with E-state index in [9.17, 15) is 0 Å². The first-order valence-electron chi connectivity index (χ1n) is 6.92. The number of para-hydroxylation sites is 2. The Morgan fingerprint density at radius 2 is 1.90 bits per heavy atom. The molecule has 0 bridgehead atoms. The second-order valence-corrected chi connectivity index (χ2v) is 5.83. The van der Waals surface area contributed by atoms with E-state index in [-0.39, 0.29) is 6.10 Å². The number of halogens is 1. The second kappa shape index (κ2) is 7.36. The first-order valence-corrected chi connectivity index (χ1v) is 7.71. The van der Waals surface area contributed by atoms with Gasteiger partial charge in [0.25, 0.3) is 0 Å². The van der Waals surface area contributed by atoms with E-state index >= 15 is 0 Å². The number of hydrogen-bond acceptors (Lipinski definition) is 3. The van der Waals surface area contributed by atoms with Crippen molar-refractivity contribution in [2.45, 2.75) is 26.5 Å². The highest BCUT2D eigenvalue weighted by atomic mass is 79.9. The van der Waals surface area contributed by atoms with Crippen LogP contribution >= 0.6 is 15.9 Å². The summed E-state index contributed by atoms with van der Waals surface area (Å²) in [6.07, 6.45) is 0.150. The van der Waals surface area contributed by atoms with Crippen LogP contribution < -0.4 is 14.8 Å². The van der Waals surface area contributed by atoms with Crippen LogP contribution in [0.5, 0.6) is 11.5 Å². The highest BCUT2D eigenvalue weighted by molar-refractivity contribution is 9.10. The summed E-state index contributed by atoms with van der Waals surface area (Å²) in [6, 6.07) is 13.9. The van der Waals surface area contributed by atoms with Gasteiger partial charge in [0.15, 0.2) is 0 Å². The summed E-state index contributed by atoms with van der Waals surface area (Å²) in [5.41, 5.74) is 2.12. The zero-order valence-electron chi connectivity index (χ0n) is 12.5. The molecule has 2 rings (SSSR count). The zero-order chi connectivity index (χ0) is 15.2. The molecular formula is C17H20BrNO2. The van der Waals surface area contributed by atoms with E-state index in [1.807, 2.05) is 56.3 Å². The van der Waals surface area contributed by atoms with Gasteiger partial charge in [-0.05, 0) is 49.7 Å². The molecule has 0 fully saturated rings. The maximum absolute atomic E-state index is 5.81. The second-order valence-electron chi connectivity index (χ2n) is 4.97. The van der Waals surface area contributed by atoms with E-state index in [2.05, 4.69) is 21.2 Å². The Bertz CT molecular complexity index is 599. The Morgan fingerprint density at radius 3 is 2.62 bits per heavy atom. The van der Waals surface area contributed by atoms with Crippen LogP contribution in [0.2, 0.25) is 0 Å². The van der Waals surface area contributed by atoms with E-state index in [0.29, 0.717) is 6.54 Å². The SMILES string of the molecule is COc1ccc(Br)c(CNc2ccccc2OC(C)C)c1. The Hall–Kier alpha value is -1.68. The van der Waals surface area contributed by atoms with Crippen molar-refractivity contribution >= 4 is 21.6 Å². The van der Waals surface area contributed by atoms with Gasteiger partial charge in [0.1, 0.15) is 11.5 Å². The van der Waals surface area contributed by atoms with Gasteiger partial charge in [-0.15, -0.1) is 0 Å². The Kier molecular flexibility index (Phi) is 5.51. The van der Waals surface area contributed by atoms with Crippen molar-refractivity contribution in [1.82, 2.24) is 0 Å². The molecule has 21 heavy (non-hydrogen) atoms. The molecule has 2 aromatic carbocycles. The maximum atomic E-state index is 5.81. The molecule has 0 aromatic heterocycles. The van der Waals surface area contributed by atoms with Gasteiger partial charge in [-0.3, -0.25) is 0 Å². The number of nitrogens with one attached hydrogen (secondary N) is 1. The summed E-state index contributed by atoms with van der Waals surface area (Å²) in [7, 11) is 1.67.